The number of nitrogens with zero attached hydrogens (tertiary/aromatic N) is 3. The summed E-state index contributed by atoms with van der Waals surface area (Å²) in [5, 5.41) is 13.2. The molecule has 1 atom stereocenters. The number of ether oxygens (including phenoxy) is 2. The Bertz CT molecular complexity index is 1400. The van der Waals surface area contributed by atoms with E-state index in [9.17, 15) is 18.3 Å². The Morgan fingerprint density at radius 3 is 2.05 bits per heavy atom. The molecule has 7 nitrogen and oxygen atoms in total. The van der Waals surface area contributed by atoms with E-state index in [1.54, 1.807) is 21.1 Å². The zero-order valence-corrected chi connectivity index (χ0v) is 22.6. The van der Waals surface area contributed by atoms with E-state index in [-0.39, 0.29) is 11.9 Å². The standard InChI is InChI=1S/C27H24ClF3N4O3S/c1-15(34-24(16-4-8-18(37-2)9-5-16)17-6-10-19(38-3)11-7-17)26-33-14-22(39-26)25(36)35-23-12-20(27(29,30)31)21(28)13-32-23/h4-14,24-25,36H,1-3H3,(H,32,35)/b34-15+. The van der Waals surface area contributed by atoms with E-state index in [0.29, 0.717) is 15.6 Å². The molecule has 0 aliphatic carbocycles. The van der Waals surface area contributed by atoms with Crippen LogP contribution in [0.15, 0.2) is 72.0 Å². The van der Waals surface area contributed by atoms with Gasteiger partial charge in [-0.1, -0.05) is 35.9 Å². The van der Waals surface area contributed by atoms with Gasteiger partial charge in [0, 0.05) is 12.4 Å². The molecule has 1 unspecified atom stereocenters. The highest BCUT2D eigenvalue weighted by Crippen LogP contribution is 2.36. The molecule has 0 amide bonds. The van der Waals surface area contributed by atoms with Crippen molar-refractivity contribution in [1.29, 1.82) is 0 Å². The number of hydrogen-bond acceptors (Lipinski definition) is 8. The quantitative estimate of drug-likeness (QED) is 0.166. The van der Waals surface area contributed by atoms with Crippen molar-refractivity contribution in [3.8, 4) is 11.5 Å². The first-order valence-electron chi connectivity index (χ1n) is 11.5. The number of pyridine rings is 1. The molecule has 0 fully saturated rings. The number of anilines is 1. The third-order valence-corrected chi connectivity index (χ3v) is 7.19. The molecule has 12 heteroatoms. The number of benzene rings is 2. The summed E-state index contributed by atoms with van der Waals surface area (Å²) < 4.78 is 50.1. The largest absolute Gasteiger partial charge is 0.497 e. The van der Waals surface area contributed by atoms with Crippen LogP contribution in [0.25, 0.3) is 0 Å². The number of nitrogens with one attached hydrogen (secondary N) is 1. The smallest absolute Gasteiger partial charge is 0.418 e. The minimum absolute atomic E-state index is 0.182. The summed E-state index contributed by atoms with van der Waals surface area (Å²) in [5.41, 5.74) is 1.41. The van der Waals surface area contributed by atoms with Crippen LogP contribution < -0.4 is 14.8 Å². The highest BCUT2D eigenvalue weighted by atomic mass is 35.5. The molecular weight excluding hydrogens is 553 g/mol. The molecule has 2 aromatic carbocycles. The lowest BCUT2D eigenvalue weighted by Gasteiger charge is -2.16. The van der Waals surface area contributed by atoms with Crippen molar-refractivity contribution in [2.45, 2.75) is 25.4 Å². The maximum absolute atomic E-state index is 13.2. The highest BCUT2D eigenvalue weighted by molar-refractivity contribution is 7.13. The van der Waals surface area contributed by atoms with Crippen LogP contribution in [-0.4, -0.2) is 35.0 Å². The molecular formula is C27H24ClF3N4O3S. The van der Waals surface area contributed by atoms with Crippen molar-refractivity contribution < 1.29 is 27.8 Å². The fraction of sp³-hybridized carbons (Fsp3) is 0.222. The molecule has 39 heavy (non-hydrogen) atoms. The van der Waals surface area contributed by atoms with E-state index in [1.165, 1.54) is 6.20 Å². The number of thiazole rings is 1. The van der Waals surface area contributed by atoms with Gasteiger partial charge in [0.15, 0.2) is 6.23 Å². The summed E-state index contributed by atoms with van der Waals surface area (Å²) in [4.78, 5) is 13.5. The first-order valence-corrected chi connectivity index (χ1v) is 12.7. The average Bonchev–Trinajstić information content (AvgIpc) is 3.43. The summed E-state index contributed by atoms with van der Waals surface area (Å²) in [6.07, 6.45) is -3.69. The Morgan fingerprint density at radius 1 is 0.974 bits per heavy atom. The molecule has 0 spiro atoms. The van der Waals surface area contributed by atoms with Crippen molar-refractivity contribution in [1.82, 2.24) is 9.97 Å². The molecule has 0 bridgehead atoms. The minimum Gasteiger partial charge on any atom is -0.497 e. The molecule has 0 aliphatic heterocycles. The van der Waals surface area contributed by atoms with E-state index < -0.39 is 23.0 Å². The molecule has 4 aromatic rings. The lowest BCUT2D eigenvalue weighted by molar-refractivity contribution is -0.137. The van der Waals surface area contributed by atoms with Gasteiger partial charge in [-0.15, -0.1) is 11.3 Å². The molecule has 2 heterocycles. The first-order chi connectivity index (χ1) is 18.6. The van der Waals surface area contributed by atoms with Gasteiger partial charge in [-0.3, -0.25) is 4.99 Å². The highest BCUT2D eigenvalue weighted by Gasteiger charge is 2.34. The molecule has 0 radical (unpaired) electrons. The van der Waals surface area contributed by atoms with E-state index in [2.05, 4.69) is 15.3 Å². The predicted molar refractivity (Wildman–Crippen MR) is 145 cm³/mol. The predicted octanol–water partition coefficient (Wildman–Crippen LogP) is 6.93. The third kappa shape index (κ3) is 6.86. The number of aliphatic hydroxyl groups is 1. The number of hydrogen-bond donors (Lipinski definition) is 2. The second-order valence-electron chi connectivity index (χ2n) is 8.33. The second-order valence-corrected chi connectivity index (χ2v) is 9.79. The van der Waals surface area contributed by atoms with Crippen LogP contribution in [-0.2, 0) is 6.18 Å². The minimum atomic E-state index is -4.66. The maximum Gasteiger partial charge on any atom is 0.418 e. The Kier molecular flexibility index (Phi) is 8.73. The van der Waals surface area contributed by atoms with Crippen molar-refractivity contribution in [3.05, 3.63) is 98.6 Å². The molecule has 204 valence electrons. The number of rotatable bonds is 9. The van der Waals surface area contributed by atoms with Crippen molar-refractivity contribution in [2.75, 3.05) is 19.5 Å². The fourth-order valence-electron chi connectivity index (χ4n) is 3.69. The van der Waals surface area contributed by atoms with Gasteiger partial charge in [0.1, 0.15) is 28.4 Å². The molecule has 0 saturated heterocycles. The van der Waals surface area contributed by atoms with Crippen LogP contribution in [0.4, 0.5) is 19.0 Å². The van der Waals surface area contributed by atoms with Gasteiger partial charge < -0.3 is 19.9 Å². The van der Waals surface area contributed by atoms with Crippen LogP contribution >= 0.6 is 22.9 Å². The number of aliphatic hydroxyl groups excluding tert-OH is 1. The summed E-state index contributed by atoms with van der Waals surface area (Å²) in [5.74, 6) is 1.26. The summed E-state index contributed by atoms with van der Waals surface area (Å²) in [7, 11) is 3.19. The Labute approximate surface area is 232 Å². The fourth-order valence-corrected chi connectivity index (χ4v) is 4.70. The van der Waals surface area contributed by atoms with Gasteiger partial charge in [-0.2, -0.15) is 13.2 Å². The molecule has 2 aromatic heterocycles. The van der Waals surface area contributed by atoms with Crippen LogP contribution in [0.2, 0.25) is 5.02 Å². The van der Waals surface area contributed by atoms with E-state index >= 15 is 0 Å². The number of aromatic nitrogens is 2. The molecule has 4 rings (SSSR count). The Morgan fingerprint density at radius 2 is 1.54 bits per heavy atom. The first kappa shape index (κ1) is 28.3. The molecule has 0 saturated carbocycles. The Balaban J connectivity index is 1.59. The van der Waals surface area contributed by atoms with Crippen LogP contribution in [0.3, 0.4) is 0 Å². The lowest BCUT2D eigenvalue weighted by atomic mass is 9.99. The maximum atomic E-state index is 13.2. The van der Waals surface area contributed by atoms with E-state index in [4.69, 9.17) is 26.1 Å². The summed E-state index contributed by atoms with van der Waals surface area (Å²) in [6.45, 7) is 1.80. The van der Waals surface area contributed by atoms with Crippen molar-refractivity contribution >= 4 is 34.5 Å². The molecule has 0 aliphatic rings. The SMILES string of the molecule is COc1ccc(C(/N=C(\C)c2ncc(C(O)Nc3cc(C(F)(F)F)c(Cl)cn3)s2)c2ccc(OC)cc2)cc1. The summed E-state index contributed by atoms with van der Waals surface area (Å²) in [6, 6.07) is 15.5. The molecule has 2 N–H and O–H groups in total. The number of aliphatic imine (C=N–C) groups is 1. The van der Waals surface area contributed by atoms with Gasteiger partial charge in [-0.05, 0) is 48.4 Å². The van der Waals surface area contributed by atoms with Gasteiger partial charge in [0.2, 0.25) is 0 Å². The van der Waals surface area contributed by atoms with Crippen molar-refractivity contribution in [3.63, 3.8) is 0 Å². The third-order valence-electron chi connectivity index (χ3n) is 5.73. The lowest BCUT2D eigenvalue weighted by Crippen LogP contribution is -2.12. The van der Waals surface area contributed by atoms with E-state index in [0.717, 1.165) is 46.2 Å². The topological polar surface area (TPSA) is 88.9 Å². The normalized spacial score (nSPS) is 12.9. The van der Waals surface area contributed by atoms with Gasteiger partial charge in [0.05, 0.1) is 35.4 Å². The van der Waals surface area contributed by atoms with Gasteiger partial charge in [-0.25, -0.2) is 9.97 Å². The zero-order chi connectivity index (χ0) is 28.2. The Hall–Kier alpha value is -3.67. The number of halogens is 4. The summed E-state index contributed by atoms with van der Waals surface area (Å²) >= 11 is 6.78. The van der Waals surface area contributed by atoms with Gasteiger partial charge in [0.25, 0.3) is 0 Å². The van der Waals surface area contributed by atoms with Crippen LogP contribution in [0.1, 0.15) is 45.8 Å². The number of alkyl halides is 3. The van der Waals surface area contributed by atoms with E-state index in [1.807, 2.05) is 48.5 Å². The monoisotopic (exact) mass is 576 g/mol. The van der Waals surface area contributed by atoms with Crippen LogP contribution in [0, 0.1) is 0 Å². The van der Waals surface area contributed by atoms with Crippen LogP contribution in [0.5, 0.6) is 11.5 Å². The zero-order valence-electron chi connectivity index (χ0n) is 21.0. The van der Waals surface area contributed by atoms with Gasteiger partial charge >= 0.3 is 6.18 Å². The average molecular weight is 577 g/mol. The van der Waals surface area contributed by atoms with Crippen molar-refractivity contribution in [2.24, 2.45) is 4.99 Å². The second kappa shape index (κ2) is 12.0. The number of methoxy groups -OCH3 is 2.